The van der Waals surface area contributed by atoms with Gasteiger partial charge in [0.1, 0.15) is 18.1 Å². The minimum absolute atomic E-state index is 0.162. The first kappa shape index (κ1) is 23.4. The molecule has 1 saturated heterocycles. The first-order chi connectivity index (χ1) is 15.2. The number of thioether (sulfide) groups is 1. The number of carbonyl (C=O) groups is 3. The van der Waals surface area contributed by atoms with Crippen molar-refractivity contribution in [3.63, 3.8) is 0 Å². The van der Waals surface area contributed by atoms with Gasteiger partial charge in [-0.3, -0.25) is 19.3 Å². The van der Waals surface area contributed by atoms with Crippen molar-refractivity contribution in [2.45, 2.75) is 26.7 Å². The number of ether oxygens (including phenoxy) is 2. The first-order valence-corrected chi connectivity index (χ1v) is 11.1. The number of carbonyl (C=O) groups excluding carboxylic acids is 3. The Hall–Kier alpha value is -3.26. The average Bonchev–Trinajstić information content (AvgIpc) is 2.99. The number of aryl methyl sites for hydroxylation is 1. The van der Waals surface area contributed by atoms with Crippen LogP contribution in [0.15, 0.2) is 47.4 Å². The van der Waals surface area contributed by atoms with Crippen LogP contribution < -0.4 is 15.2 Å². The van der Waals surface area contributed by atoms with E-state index < -0.39 is 5.91 Å². The van der Waals surface area contributed by atoms with E-state index in [1.165, 1.54) is 4.90 Å². The molecule has 0 saturated carbocycles. The molecular weight excluding hydrogens is 428 g/mol. The van der Waals surface area contributed by atoms with Crippen molar-refractivity contribution in [2.24, 2.45) is 5.73 Å². The molecule has 2 N–H and O–H groups in total. The lowest BCUT2D eigenvalue weighted by Gasteiger charge is -2.17. The van der Waals surface area contributed by atoms with Gasteiger partial charge in [0.15, 0.2) is 6.61 Å². The van der Waals surface area contributed by atoms with Crippen LogP contribution in [0.2, 0.25) is 0 Å². The summed E-state index contributed by atoms with van der Waals surface area (Å²) in [6.07, 6.45) is 1.63. The standard InChI is InChI=1S/C24H26N2O5S/c1-15(2)19-8-7-16(3)11-20(19)30-10-9-26-23(28)21(32-24(26)29)13-17-5-4-6-18(12-17)31-14-22(25)27/h4-8,11-13,15H,9-10,14H2,1-3H3,(H2,25,27)/b21-13-. The quantitative estimate of drug-likeness (QED) is 0.573. The minimum Gasteiger partial charge on any atom is -0.491 e. The van der Waals surface area contributed by atoms with Gasteiger partial charge in [-0.15, -0.1) is 0 Å². The molecule has 1 aliphatic rings. The van der Waals surface area contributed by atoms with Crippen LogP contribution in [0.25, 0.3) is 6.08 Å². The van der Waals surface area contributed by atoms with E-state index in [2.05, 4.69) is 13.8 Å². The summed E-state index contributed by atoms with van der Waals surface area (Å²) < 4.78 is 11.2. The maximum Gasteiger partial charge on any atom is 0.293 e. The van der Waals surface area contributed by atoms with Gasteiger partial charge in [-0.2, -0.15) is 0 Å². The van der Waals surface area contributed by atoms with E-state index in [1.807, 2.05) is 25.1 Å². The molecule has 8 heteroatoms. The van der Waals surface area contributed by atoms with Crippen molar-refractivity contribution >= 4 is 34.9 Å². The van der Waals surface area contributed by atoms with E-state index >= 15 is 0 Å². The Morgan fingerprint density at radius 3 is 2.66 bits per heavy atom. The van der Waals surface area contributed by atoms with E-state index in [9.17, 15) is 14.4 Å². The molecule has 0 aliphatic carbocycles. The second-order valence-corrected chi connectivity index (χ2v) is 8.70. The third kappa shape index (κ3) is 5.91. The Labute approximate surface area is 191 Å². The number of amides is 3. The molecule has 3 rings (SSSR count). The van der Waals surface area contributed by atoms with Gasteiger partial charge in [0.05, 0.1) is 11.4 Å². The predicted molar refractivity (Wildman–Crippen MR) is 125 cm³/mol. The predicted octanol–water partition coefficient (Wildman–Crippen LogP) is 4.10. The van der Waals surface area contributed by atoms with Crippen LogP contribution in [0.3, 0.4) is 0 Å². The van der Waals surface area contributed by atoms with Crippen molar-refractivity contribution < 1.29 is 23.9 Å². The lowest BCUT2D eigenvalue weighted by atomic mass is 10.0. The highest BCUT2D eigenvalue weighted by Crippen LogP contribution is 2.33. The number of imide groups is 1. The minimum atomic E-state index is -0.579. The van der Waals surface area contributed by atoms with Crippen molar-refractivity contribution in [1.82, 2.24) is 4.90 Å². The molecule has 3 amide bonds. The first-order valence-electron chi connectivity index (χ1n) is 10.2. The Bertz CT molecular complexity index is 1060. The summed E-state index contributed by atoms with van der Waals surface area (Å²) in [5, 5.41) is -0.334. The number of nitrogens with two attached hydrogens (primary N) is 1. The molecule has 1 heterocycles. The van der Waals surface area contributed by atoms with Crippen molar-refractivity contribution in [2.75, 3.05) is 19.8 Å². The van der Waals surface area contributed by atoms with E-state index in [1.54, 1.807) is 30.3 Å². The zero-order chi connectivity index (χ0) is 23.3. The third-order valence-electron chi connectivity index (χ3n) is 4.77. The molecule has 0 spiro atoms. The summed E-state index contributed by atoms with van der Waals surface area (Å²) >= 11 is 0.886. The smallest absolute Gasteiger partial charge is 0.293 e. The molecule has 32 heavy (non-hydrogen) atoms. The topological polar surface area (TPSA) is 98.9 Å². The molecule has 2 aromatic carbocycles. The van der Waals surface area contributed by atoms with Crippen molar-refractivity contribution in [3.8, 4) is 11.5 Å². The molecular formula is C24H26N2O5S. The lowest BCUT2D eigenvalue weighted by Crippen LogP contribution is -2.32. The van der Waals surface area contributed by atoms with Gasteiger partial charge in [-0.05, 0) is 65.6 Å². The maximum absolute atomic E-state index is 12.8. The molecule has 0 unspecified atom stereocenters. The summed E-state index contributed by atoms with van der Waals surface area (Å²) in [5.41, 5.74) is 7.94. The van der Waals surface area contributed by atoms with Gasteiger partial charge in [0, 0.05) is 0 Å². The summed E-state index contributed by atoms with van der Waals surface area (Å²) in [6, 6.07) is 12.9. The number of nitrogens with zero attached hydrogens (tertiary/aromatic N) is 1. The highest BCUT2D eigenvalue weighted by atomic mass is 32.2. The van der Waals surface area contributed by atoms with Gasteiger partial charge in [-0.25, -0.2) is 0 Å². The van der Waals surface area contributed by atoms with Crippen LogP contribution in [-0.2, 0) is 9.59 Å². The van der Waals surface area contributed by atoms with Gasteiger partial charge >= 0.3 is 0 Å². The fourth-order valence-electron chi connectivity index (χ4n) is 3.18. The van der Waals surface area contributed by atoms with Gasteiger partial charge < -0.3 is 15.2 Å². The van der Waals surface area contributed by atoms with E-state index in [-0.39, 0.29) is 30.9 Å². The van der Waals surface area contributed by atoms with E-state index in [0.29, 0.717) is 22.1 Å². The zero-order valence-corrected chi connectivity index (χ0v) is 19.1. The fourth-order valence-corrected chi connectivity index (χ4v) is 4.05. The molecule has 1 aliphatic heterocycles. The molecule has 0 bridgehead atoms. The normalized spacial score (nSPS) is 15.0. The van der Waals surface area contributed by atoms with Gasteiger partial charge in [-0.1, -0.05) is 38.1 Å². The van der Waals surface area contributed by atoms with Crippen molar-refractivity contribution in [1.29, 1.82) is 0 Å². The molecule has 0 radical (unpaired) electrons. The van der Waals surface area contributed by atoms with Gasteiger partial charge in [0.2, 0.25) is 0 Å². The van der Waals surface area contributed by atoms with Crippen LogP contribution in [0.4, 0.5) is 4.79 Å². The van der Waals surface area contributed by atoms with E-state index in [4.69, 9.17) is 15.2 Å². The number of benzene rings is 2. The largest absolute Gasteiger partial charge is 0.491 e. The lowest BCUT2D eigenvalue weighted by molar-refractivity contribution is -0.123. The molecule has 0 aromatic heterocycles. The summed E-state index contributed by atoms with van der Waals surface area (Å²) in [4.78, 5) is 37.5. The second kappa shape index (κ2) is 10.4. The molecule has 168 valence electrons. The van der Waals surface area contributed by atoms with Crippen LogP contribution in [0, 0.1) is 6.92 Å². The van der Waals surface area contributed by atoms with E-state index in [0.717, 1.165) is 28.6 Å². The number of primary amides is 1. The second-order valence-electron chi connectivity index (χ2n) is 7.71. The third-order valence-corrected chi connectivity index (χ3v) is 5.68. The van der Waals surface area contributed by atoms with Crippen molar-refractivity contribution in [3.05, 3.63) is 64.1 Å². The zero-order valence-electron chi connectivity index (χ0n) is 18.3. The summed E-state index contributed by atoms with van der Waals surface area (Å²) in [6.45, 7) is 6.31. The SMILES string of the molecule is Cc1ccc(C(C)C)c(OCCN2C(=O)S/C(=C\c3cccc(OCC(N)=O)c3)C2=O)c1. The summed E-state index contributed by atoms with van der Waals surface area (Å²) in [7, 11) is 0. The maximum atomic E-state index is 12.8. The number of hydrogen-bond donors (Lipinski definition) is 1. The Kier molecular flexibility index (Phi) is 7.58. The number of rotatable bonds is 9. The summed E-state index contributed by atoms with van der Waals surface area (Å²) in [5.74, 6) is 0.582. The Morgan fingerprint density at radius 1 is 1.16 bits per heavy atom. The molecule has 1 fully saturated rings. The molecule has 0 atom stereocenters. The molecule has 2 aromatic rings. The fraction of sp³-hybridized carbons (Fsp3) is 0.292. The highest BCUT2D eigenvalue weighted by molar-refractivity contribution is 8.18. The molecule has 7 nitrogen and oxygen atoms in total. The van der Waals surface area contributed by atoms with Crippen LogP contribution in [0.1, 0.15) is 36.5 Å². The Balaban J connectivity index is 1.65. The highest BCUT2D eigenvalue weighted by Gasteiger charge is 2.34. The average molecular weight is 455 g/mol. The van der Waals surface area contributed by atoms with Crippen LogP contribution in [-0.4, -0.2) is 41.7 Å². The number of hydrogen-bond acceptors (Lipinski definition) is 6. The Morgan fingerprint density at radius 2 is 1.94 bits per heavy atom. The van der Waals surface area contributed by atoms with Crippen LogP contribution >= 0.6 is 11.8 Å². The van der Waals surface area contributed by atoms with Crippen LogP contribution in [0.5, 0.6) is 11.5 Å². The monoisotopic (exact) mass is 454 g/mol. The van der Waals surface area contributed by atoms with Gasteiger partial charge in [0.25, 0.3) is 17.1 Å².